The molecule has 1 atom stereocenters. The molecule has 8 heteroatoms. The number of benzene rings is 1. The van der Waals surface area contributed by atoms with Gasteiger partial charge in [-0.2, -0.15) is 0 Å². The number of thioether (sulfide) groups is 1. The first-order chi connectivity index (χ1) is 14.5. The van der Waals surface area contributed by atoms with E-state index in [1.807, 2.05) is 13.1 Å². The summed E-state index contributed by atoms with van der Waals surface area (Å²) < 4.78 is 13.1. The summed E-state index contributed by atoms with van der Waals surface area (Å²) in [5.41, 5.74) is 2.15. The second kappa shape index (κ2) is 9.22. The van der Waals surface area contributed by atoms with E-state index in [-0.39, 0.29) is 22.9 Å². The van der Waals surface area contributed by atoms with Crippen LogP contribution in [0.4, 0.5) is 10.1 Å². The quantitative estimate of drug-likeness (QED) is 0.747. The van der Waals surface area contributed by atoms with Gasteiger partial charge in [-0.05, 0) is 42.8 Å². The molecule has 1 saturated heterocycles. The van der Waals surface area contributed by atoms with Crippen molar-refractivity contribution < 1.29 is 14.0 Å². The number of nitrogens with zero attached hydrogens (tertiary/aromatic N) is 3. The summed E-state index contributed by atoms with van der Waals surface area (Å²) in [6.07, 6.45) is 4.88. The molecule has 0 radical (unpaired) electrons. The Balaban J connectivity index is 1.15. The first-order valence-electron chi connectivity index (χ1n) is 10.3. The first-order valence-corrected chi connectivity index (χ1v) is 11.2. The van der Waals surface area contributed by atoms with E-state index in [4.69, 9.17) is 0 Å². The molecule has 0 saturated carbocycles. The van der Waals surface area contributed by atoms with E-state index in [0.29, 0.717) is 19.5 Å². The minimum atomic E-state index is -0.225. The summed E-state index contributed by atoms with van der Waals surface area (Å²) in [4.78, 5) is 31.7. The minimum Gasteiger partial charge on any atom is -0.369 e. The molecule has 4 rings (SSSR count). The number of halogens is 1. The zero-order valence-electron chi connectivity index (χ0n) is 17.1. The van der Waals surface area contributed by atoms with Gasteiger partial charge in [-0.3, -0.25) is 14.5 Å². The number of anilines is 1. The van der Waals surface area contributed by atoms with Crippen molar-refractivity contribution in [2.75, 3.05) is 51.2 Å². The van der Waals surface area contributed by atoms with E-state index in [2.05, 4.69) is 20.0 Å². The third-order valence-corrected chi connectivity index (χ3v) is 7.24. The highest BCUT2D eigenvalue weighted by molar-refractivity contribution is 8.03. The van der Waals surface area contributed by atoms with Gasteiger partial charge in [0.15, 0.2) is 5.78 Å². The minimum absolute atomic E-state index is 0.0451. The van der Waals surface area contributed by atoms with Crippen LogP contribution in [-0.2, 0) is 9.59 Å². The Bertz CT molecular complexity index is 862. The van der Waals surface area contributed by atoms with Crippen LogP contribution in [0.3, 0.4) is 0 Å². The van der Waals surface area contributed by atoms with Crippen LogP contribution >= 0.6 is 11.8 Å². The van der Waals surface area contributed by atoms with Crippen LogP contribution in [0.5, 0.6) is 0 Å². The van der Waals surface area contributed by atoms with E-state index in [9.17, 15) is 14.0 Å². The van der Waals surface area contributed by atoms with Crippen LogP contribution in [-0.4, -0.2) is 73.2 Å². The number of rotatable bonds is 6. The standard InChI is InChI=1S/C22H27FN4O2S/c1-25-19-7-6-18(28)14-20(19)30-22(25)8-9-24-21(29)15-26-10-12-27(13-11-26)17-4-2-16(23)3-5-17/h2-7,22H,8-15H2,1H3,(H,24,29). The number of allylic oxidation sites excluding steroid dienone is 3. The maximum absolute atomic E-state index is 13.1. The van der Waals surface area contributed by atoms with E-state index < -0.39 is 0 Å². The summed E-state index contributed by atoms with van der Waals surface area (Å²) in [5, 5.41) is 3.29. The second-order valence-corrected chi connectivity index (χ2v) is 9.12. The largest absolute Gasteiger partial charge is 0.369 e. The Morgan fingerprint density at radius 1 is 1.17 bits per heavy atom. The number of hydrogen-bond donors (Lipinski definition) is 1. The summed E-state index contributed by atoms with van der Waals surface area (Å²) >= 11 is 1.74. The van der Waals surface area contributed by atoms with Crippen LogP contribution in [0.1, 0.15) is 12.8 Å². The van der Waals surface area contributed by atoms with Gasteiger partial charge in [-0.25, -0.2) is 4.39 Å². The van der Waals surface area contributed by atoms with Gasteiger partial charge in [0.1, 0.15) is 5.82 Å². The summed E-state index contributed by atoms with van der Waals surface area (Å²) in [7, 11) is 2.04. The Labute approximate surface area is 180 Å². The molecule has 0 spiro atoms. The molecule has 1 aromatic rings. The van der Waals surface area contributed by atoms with E-state index in [1.54, 1.807) is 30.0 Å². The molecule has 1 aliphatic carbocycles. The highest BCUT2D eigenvalue weighted by Gasteiger charge is 2.31. The third kappa shape index (κ3) is 4.87. The zero-order valence-corrected chi connectivity index (χ0v) is 18.0. The molecule has 1 fully saturated rings. The number of amides is 1. The Hall–Kier alpha value is -2.32. The summed E-state index contributed by atoms with van der Waals surface area (Å²) in [6.45, 7) is 4.29. The van der Waals surface area contributed by atoms with Gasteiger partial charge < -0.3 is 15.1 Å². The van der Waals surface area contributed by atoms with Gasteiger partial charge in [-0.15, -0.1) is 11.8 Å². The summed E-state index contributed by atoms with van der Waals surface area (Å²) in [6, 6.07) is 6.56. The smallest absolute Gasteiger partial charge is 0.234 e. The average Bonchev–Trinajstić information content (AvgIpc) is 3.04. The molecule has 0 bridgehead atoms. The zero-order chi connectivity index (χ0) is 21.1. The van der Waals surface area contributed by atoms with Gasteiger partial charge in [0.25, 0.3) is 0 Å². The first kappa shape index (κ1) is 20.9. The molecular formula is C22H27FN4O2S. The number of nitrogens with one attached hydrogen (secondary N) is 1. The van der Waals surface area contributed by atoms with Crippen molar-refractivity contribution in [2.24, 2.45) is 0 Å². The highest BCUT2D eigenvalue weighted by atomic mass is 32.2. The molecule has 1 aromatic carbocycles. The molecule has 1 N–H and O–H groups in total. The van der Waals surface area contributed by atoms with E-state index >= 15 is 0 Å². The van der Waals surface area contributed by atoms with Crippen molar-refractivity contribution >= 4 is 29.1 Å². The molecule has 3 aliphatic rings. The fraction of sp³-hybridized carbons (Fsp3) is 0.455. The maximum atomic E-state index is 13.1. The second-order valence-electron chi connectivity index (χ2n) is 7.85. The number of carbonyl (C=O) groups excluding carboxylic acids is 2. The van der Waals surface area contributed by atoms with Gasteiger partial charge in [-0.1, -0.05) is 0 Å². The fourth-order valence-corrected chi connectivity index (χ4v) is 5.44. The topological polar surface area (TPSA) is 55.9 Å². The monoisotopic (exact) mass is 430 g/mol. The number of piperazine rings is 1. The molecule has 30 heavy (non-hydrogen) atoms. The lowest BCUT2D eigenvalue weighted by atomic mass is 10.1. The lowest BCUT2D eigenvalue weighted by Gasteiger charge is -2.35. The summed E-state index contributed by atoms with van der Waals surface area (Å²) in [5.74, 6) is -0.0241. The number of carbonyl (C=O) groups is 2. The molecule has 6 nitrogen and oxygen atoms in total. The van der Waals surface area contributed by atoms with Crippen molar-refractivity contribution in [3.8, 4) is 0 Å². The number of hydrogen-bond acceptors (Lipinski definition) is 6. The Kier molecular flexibility index (Phi) is 6.43. The Morgan fingerprint density at radius 3 is 2.63 bits per heavy atom. The molecule has 2 heterocycles. The van der Waals surface area contributed by atoms with Crippen LogP contribution in [0.15, 0.2) is 47.0 Å². The van der Waals surface area contributed by atoms with Gasteiger partial charge in [0.2, 0.25) is 5.91 Å². The van der Waals surface area contributed by atoms with E-state index in [0.717, 1.165) is 48.9 Å². The number of likely N-dealkylation sites (N-methyl/N-ethyl adjacent to an activating group) is 1. The third-order valence-electron chi connectivity index (χ3n) is 5.78. The van der Waals surface area contributed by atoms with Crippen LogP contribution in [0.2, 0.25) is 0 Å². The normalized spacial score (nSPS) is 21.9. The van der Waals surface area contributed by atoms with Crippen molar-refractivity contribution in [1.82, 2.24) is 15.1 Å². The van der Waals surface area contributed by atoms with Gasteiger partial charge in [0, 0.05) is 62.5 Å². The van der Waals surface area contributed by atoms with Gasteiger partial charge >= 0.3 is 0 Å². The fourth-order valence-electron chi connectivity index (χ4n) is 4.05. The molecular weight excluding hydrogens is 403 g/mol. The molecule has 2 aliphatic heterocycles. The molecule has 0 aromatic heterocycles. The molecule has 1 unspecified atom stereocenters. The van der Waals surface area contributed by atoms with Crippen molar-refractivity contribution in [2.45, 2.75) is 18.2 Å². The SMILES string of the molecule is CN1C2=C(CC(=O)C=C2)SC1CCNC(=O)CN1CCN(c2ccc(F)cc2)CC1. The van der Waals surface area contributed by atoms with Gasteiger partial charge in [0.05, 0.1) is 11.9 Å². The lowest BCUT2D eigenvalue weighted by molar-refractivity contribution is -0.122. The van der Waals surface area contributed by atoms with E-state index in [1.165, 1.54) is 12.1 Å². The maximum Gasteiger partial charge on any atom is 0.234 e. The number of ketones is 1. The van der Waals surface area contributed by atoms with Crippen LogP contribution in [0, 0.1) is 5.82 Å². The average molecular weight is 431 g/mol. The van der Waals surface area contributed by atoms with Crippen molar-refractivity contribution in [1.29, 1.82) is 0 Å². The predicted molar refractivity (Wildman–Crippen MR) is 118 cm³/mol. The lowest BCUT2D eigenvalue weighted by Crippen LogP contribution is -2.49. The van der Waals surface area contributed by atoms with Crippen molar-refractivity contribution in [3.05, 3.63) is 52.8 Å². The van der Waals surface area contributed by atoms with Crippen molar-refractivity contribution in [3.63, 3.8) is 0 Å². The highest BCUT2D eigenvalue weighted by Crippen LogP contribution is 2.42. The predicted octanol–water partition coefficient (Wildman–Crippen LogP) is 2.20. The Morgan fingerprint density at radius 2 is 1.90 bits per heavy atom. The molecule has 1 amide bonds. The van der Waals surface area contributed by atoms with Crippen LogP contribution < -0.4 is 10.2 Å². The molecule has 160 valence electrons. The van der Waals surface area contributed by atoms with Crippen LogP contribution in [0.25, 0.3) is 0 Å².